The molecule has 0 saturated carbocycles. The fraction of sp³-hybridized carbons (Fsp3) is 0.238. The van der Waals surface area contributed by atoms with E-state index in [0.29, 0.717) is 16.3 Å². The molecule has 1 amide bonds. The van der Waals surface area contributed by atoms with E-state index in [-0.39, 0.29) is 28.0 Å². The van der Waals surface area contributed by atoms with Gasteiger partial charge in [-0.1, -0.05) is 64.6 Å². The number of hydrogen-bond donors (Lipinski definition) is 2. The number of carbonyl (C=O) groups is 1. The maximum atomic E-state index is 13.9. The van der Waals surface area contributed by atoms with E-state index < -0.39 is 24.2 Å². The molecule has 0 fully saturated rings. The third-order valence-electron chi connectivity index (χ3n) is 5.17. The fourth-order valence-corrected chi connectivity index (χ4v) is 4.08. The molecule has 5 nitrogen and oxygen atoms in total. The highest BCUT2D eigenvalue weighted by atomic mass is 35.5. The minimum Gasteiger partial charge on any atom is -0.362 e. The maximum Gasteiger partial charge on any atom is 0.410 e. The second kappa shape index (κ2) is 8.50. The first-order chi connectivity index (χ1) is 15.0. The van der Waals surface area contributed by atoms with Crippen molar-refractivity contribution in [3.63, 3.8) is 0 Å². The Kier molecular flexibility index (Phi) is 6.04. The van der Waals surface area contributed by atoms with E-state index in [1.54, 1.807) is 12.1 Å². The van der Waals surface area contributed by atoms with Gasteiger partial charge in [0.1, 0.15) is 10.8 Å². The Balaban J connectivity index is 1.69. The molecule has 0 radical (unpaired) electrons. The van der Waals surface area contributed by atoms with Crippen LogP contribution in [-0.2, 0) is 0 Å². The number of amides is 1. The summed E-state index contributed by atoms with van der Waals surface area (Å²) in [7, 11) is 0. The first-order valence-electron chi connectivity index (χ1n) is 9.49. The first-order valence-corrected chi connectivity index (χ1v) is 10.6. The van der Waals surface area contributed by atoms with Crippen LogP contribution >= 0.6 is 34.8 Å². The highest BCUT2D eigenvalue weighted by molar-refractivity contribution is 6.42. The molecule has 0 aliphatic carbocycles. The summed E-state index contributed by atoms with van der Waals surface area (Å²) < 4.78 is 42.4. The van der Waals surface area contributed by atoms with Crippen LogP contribution < -0.4 is 10.6 Å². The van der Waals surface area contributed by atoms with Crippen molar-refractivity contribution >= 4 is 52.2 Å². The van der Waals surface area contributed by atoms with Crippen LogP contribution in [0.25, 0.3) is 0 Å². The van der Waals surface area contributed by atoms with Crippen LogP contribution in [0, 0.1) is 6.92 Å². The quantitative estimate of drug-likeness (QED) is 0.402. The monoisotopic (exact) mass is 502 g/mol. The lowest BCUT2D eigenvalue weighted by atomic mass is 9.96. The summed E-state index contributed by atoms with van der Waals surface area (Å²) in [5.74, 6) is -0.838. The van der Waals surface area contributed by atoms with Crippen molar-refractivity contribution in [2.75, 3.05) is 10.6 Å². The summed E-state index contributed by atoms with van der Waals surface area (Å²) in [5.41, 5.74) is 1.62. The van der Waals surface area contributed by atoms with Crippen molar-refractivity contribution in [1.82, 2.24) is 9.78 Å². The van der Waals surface area contributed by atoms with Crippen LogP contribution in [0.15, 0.2) is 42.5 Å². The van der Waals surface area contributed by atoms with Gasteiger partial charge in [-0.15, -0.1) is 0 Å². The highest BCUT2D eigenvalue weighted by Gasteiger charge is 2.47. The van der Waals surface area contributed by atoms with Gasteiger partial charge in [-0.2, -0.15) is 18.3 Å². The summed E-state index contributed by atoms with van der Waals surface area (Å²) in [6.07, 6.45) is -4.89. The zero-order chi connectivity index (χ0) is 23.2. The van der Waals surface area contributed by atoms with Crippen LogP contribution in [0.3, 0.4) is 0 Å². The van der Waals surface area contributed by atoms with Gasteiger partial charge in [0.15, 0.2) is 11.7 Å². The van der Waals surface area contributed by atoms with Crippen molar-refractivity contribution in [1.29, 1.82) is 0 Å². The smallest absolute Gasteiger partial charge is 0.362 e. The Labute approximate surface area is 196 Å². The molecule has 1 aromatic heterocycles. The zero-order valence-electron chi connectivity index (χ0n) is 16.5. The maximum absolute atomic E-state index is 13.9. The molecule has 2 atom stereocenters. The number of fused-ring (bicyclic) bond motifs is 1. The molecule has 11 heteroatoms. The lowest BCUT2D eigenvalue weighted by Gasteiger charge is -2.33. The SMILES string of the molecule is Cc1ccc([C@@H]2C[C@@H](C(F)(F)F)n3nc(C(=O)Nc4ccc(Cl)c(Cl)c4)c(Cl)c3N2)cc1. The van der Waals surface area contributed by atoms with Gasteiger partial charge in [-0.25, -0.2) is 4.68 Å². The average molecular weight is 504 g/mol. The molecule has 0 bridgehead atoms. The number of nitrogens with one attached hydrogen (secondary N) is 2. The fourth-order valence-electron chi connectivity index (χ4n) is 3.52. The van der Waals surface area contributed by atoms with Crippen LogP contribution in [0.1, 0.15) is 40.1 Å². The van der Waals surface area contributed by atoms with Gasteiger partial charge in [0, 0.05) is 12.1 Å². The lowest BCUT2D eigenvalue weighted by molar-refractivity contribution is -0.173. The molecule has 0 saturated heterocycles. The summed E-state index contributed by atoms with van der Waals surface area (Å²) >= 11 is 18.1. The summed E-state index contributed by atoms with van der Waals surface area (Å²) in [4.78, 5) is 12.7. The minimum absolute atomic E-state index is 0.0647. The standard InChI is InChI=1S/C21H16Cl3F3N4O/c1-10-2-4-11(5-3-10)15-9-16(21(25,26)27)31-19(29-15)17(24)18(30-31)20(32)28-12-6-7-13(22)14(23)8-12/h2-8,15-16,29H,9H2,1H3,(H,28,32)/t15-,16-/m0/s1. The minimum atomic E-state index is -4.59. The molecule has 2 heterocycles. The van der Waals surface area contributed by atoms with Crippen molar-refractivity contribution in [2.24, 2.45) is 0 Å². The van der Waals surface area contributed by atoms with Crippen LogP contribution in [0.4, 0.5) is 24.7 Å². The van der Waals surface area contributed by atoms with Crippen molar-refractivity contribution in [2.45, 2.75) is 31.6 Å². The largest absolute Gasteiger partial charge is 0.410 e. The number of rotatable bonds is 3. The Morgan fingerprint density at radius 2 is 1.81 bits per heavy atom. The number of carbonyl (C=O) groups excluding carboxylic acids is 1. The Morgan fingerprint density at radius 3 is 2.44 bits per heavy atom. The molecule has 0 spiro atoms. The Morgan fingerprint density at radius 1 is 1.12 bits per heavy atom. The molecule has 32 heavy (non-hydrogen) atoms. The third-order valence-corrected chi connectivity index (χ3v) is 6.26. The number of nitrogens with zero attached hydrogens (tertiary/aromatic N) is 2. The van der Waals surface area contributed by atoms with Gasteiger partial charge in [0.2, 0.25) is 0 Å². The van der Waals surface area contributed by atoms with Crippen LogP contribution in [0.5, 0.6) is 0 Å². The Bertz CT molecular complexity index is 1180. The second-order valence-electron chi connectivity index (χ2n) is 7.44. The summed E-state index contributed by atoms with van der Waals surface area (Å²) in [6.45, 7) is 1.89. The number of alkyl halides is 3. The average Bonchev–Trinajstić information content (AvgIpc) is 3.06. The van der Waals surface area contributed by atoms with E-state index in [1.165, 1.54) is 18.2 Å². The molecule has 2 N–H and O–H groups in total. The number of aromatic nitrogens is 2. The molecule has 0 unspecified atom stereocenters. The molecular weight excluding hydrogens is 488 g/mol. The van der Waals surface area contributed by atoms with Crippen LogP contribution in [0.2, 0.25) is 15.1 Å². The van der Waals surface area contributed by atoms with E-state index in [9.17, 15) is 18.0 Å². The van der Waals surface area contributed by atoms with Gasteiger partial charge in [0.25, 0.3) is 5.91 Å². The van der Waals surface area contributed by atoms with Gasteiger partial charge >= 0.3 is 6.18 Å². The highest BCUT2D eigenvalue weighted by Crippen LogP contribution is 2.46. The van der Waals surface area contributed by atoms with Gasteiger partial charge in [0.05, 0.1) is 16.1 Å². The van der Waals surface area contributed by atoms with Crippen LogP contribution in [-0.4, -0.2) is 21.9 Å². The van der Waals surface area contributed by atoms with Gasteiger partial charge in [-0.05, 0) is 30.7 Å². The van der Waals surface area contributed by atoms with E-state index in [4.69, 9.17) is 34.8 Å². The van der Waals surface area contributed by atoms with E-state index in [2.05, 4.69) is 15.7 Å². The summed E-state index contributed by atoms with van der Waals surface area (Å²) in [6, 6.07) is 8.95. The molecule has 2 aromatic carbocycles. The van der Waals surface area contributed by atoms with Gasteiger partial charge < -0.3 is 10.6 Å². The zero-order valence-corrected chi connectivity index (χ0v) is 18.7. The third kappa shape index (κ3) is 4.40. The molecular formula is C21H16Cl3F3N4O. The normalized spacial score (nSPS) is 18.1. The molecule has 168 valence electrons. The number of anilines is 2. The Hall–Kier alpha value is -2.42. The van der Waals surface area contributed by atoms with Crippen molar-refractivity contribution < 1.29 is 18.0 Å². The topological polar surface area (TPSA) is 59.0 Å². The predicted molar refractivity (Wildman–Crippen MR) is 119 cm³/mol. The van der Waals surface area contributed by atoms with E-state index >= 15 is 0 Å². The predicted octanol–water partition coefficient (Wildman–Crippen LogP) is 7.06. The number of hydrogen-bond acceptors (Lipinski definition) is 3. The van der Waals surface area contributed by atoms with E-state index in [1.807, 2.05) is 19.1 Å². The molecule has 1 aliphatic rings. The summed E-state index contributed by atoms with van der Waals surface area (Å²) in [5, 5.41) is 9.74. The lowest BCUT2D eigenvalue weighted by Crippen LogP contribution is -2.35. The van der Waals surface area contributed by atoms with E-state index in [0.717, 1.165) is 10.2 Å². The number of aryl methyl sites for hydroxylation is 1. The number of halogens is 6. The molecule has 4 rings (SSSR count). The van der Waals surface area contributed by atoms with Crippen molar-refractivity contribution in [3.8, 4) is 0 Å². The molecule has 1 aliphatic heterocycles. The molecule has 3 aromatic rings. The van der Waals surface area contributed by atoms with Gasteiger partial charge in [-0.3, -0.25) is 4.79 Å². The van der Waals surface area contributed by atoms with Crippen molar-refractivity contribution in [3.05, 3.63) is 74.4 Å². The second-order valence-corrected chi connectivity index (χ2v) is 8.63. The number of benzene rings is 2. The first kappa shape index (κ1) is 22.8.